The van der Waals surface area contributed by atoms with E-state index in [1.165, 1.54) is 0 Å². The molecule has 0 saturated heterocycles. The van der Waals surface area contributed by atoms with Gasteiger partial charge in [0.1, 0.15) is 5.01 Å². The van der Waals surface area contributed by atoms with E-state index in [9.17, 15) is 0 Å². The predicted molar refractivity (Wildman–Crippen MR) is 44.1 cm³/mol. The summed E-state index contributed by atoms with van der Waals surface area (Å²) in [6.45, 7) is 2.37. The standard InChI is InChI=1S/C7H9N3S/c1-6(9-3-2-8)7-10-4-5-11-7/h4-6,9H,3H2,1H3. The maximum Gasteiger partial charge on any atom is 0.109 e. The fourth-order valence-electron chi connectivity index (χ4n) is 0.734. The normalized spacial score (nSPS) is 12.4. The Kier molecular flexibility index (Phi) is 3.02. The molecule has 11 heavy (non-hydrogen) atoms. The van der Waals surface area contributed by atoms with Crippen molar-refractivity contribution < 1.29 is 0 Å². The van der Waals surface area contributed by atoms with Crippen LogP contribution in [-0.2, 0) is 0 Å². The van der Waals surface area contributed by atoms with E-state index < -0.39 is 0 Å². The number of nitrogens with one attached hydrogen (secondary N) is 1. The highest BCUT2D eigenvalue weighted by atomic mass is 32.1. The van der Waals surface area contributed by atoms with Crippen LogP contribution in [0.1, 0.15) is 18.0 Å². The molecular formula is C7H9N3S. The third-order valence-corrected chi connectivity index (χ3v) is 2.27. The van der Waals surface area contributed by atoms with Crippen molar-refractivity contribution in [1.82, 2.24) is 10.3 Å². The zero-order valence-electron chi connectivity index (χ0n) is 6.24. The molecule has 0 fully saturated rings. The summed E-state index contributed by atoms with van der Waals surface area (Å²) < 4.78 is 0. The third-order valence-electron chi connectivity index (χ3n) is 1.31. The van der Waals surface area contributed by atoms with Gasteiger partial charge in [0.25, 0.3) is 0 Å². The van der Waals surface area contributed by atoms with Gasteiger partial charge < -0.3 is 0 Å². The van der Waals surface area contributed by atoms with Crippen LogP contribution in [0.3, 0.4) is 0 Å². The van der Waals surface area contributed by atoms with Gasteiger partial charge in [0, 0.05) is 11.6 Å². The Morgan fingerprint density at radius 3 is 3.27 bits per heavy atom. The molecule has 0 saturated carbocycles. The number of hydrogen-bond donors (Lipinski definition) is 1. The van der Waals surface area contributed by atoms with Crippen molar-refractivity contribution >= 4 is 11.3 Å². The van der Waals surface area contributed by atoms with Crippen LogP contribution in [0.2, 0.25) is 0 Å². The lowest BCUT2D eigenvalue weighted by Gasteiger charge is -2.05. The fraction of sp³-hybridized carbons (Fsp3) is 0.429. The van der Waals surface area contributed by atoms with E-state index in [2.05, 4.69) is 10.3 Å². The molecule has 1 unspecified atom stereocenters. The van der Waals surface area contributed by atoms with Crippen LogP contribution >= 0.6 is 11.3 Å². The Labute approximate surface area is 69.7 Å². The smallest absolute Gasteiger partial charge is 0.109 e. The summed E-state index contributed by atoms with van der Waals surface area (Å²) in [5, 5.41) is 14.3. The van der Waals surface area contributed by atoms with E-state index in [0.29, 0.717) is 6.54 Å². The Morgan fingerprint density at radius 2 is 2.73 bits per heavy atom. The quantitative estimate of drug-likeness (QED) is 0.691. The van der Waals surface area contributed by atoms with E-state index in [-0.39, 0.29) is 6.04 Å². The Bertz CT molecular complexity index is 237. The molecule has 1 aromatic heterocycles. The topological polar surface area (TPSA) is 48.7 Å². The molecule has 0 aromatic carbocycles. The predicted octanol–water partition coefficient (Wildman–Crippen LogP) is 1.32. The van der Waals surface area contributed by atoms with Gasteiger partial charge >= 0.3 is 0 Å². The van der Waals surface area contributed by atoms with Gasteiger partial charge in [-0.1, -0.05) is 0 Å². The van der Waals surface area contributed by atoms with Crippen molar-refractivity contribution in [3.63, 3.8) is 0 Å². The van der Waals surface area contributed by atoms with Crippen molar-refractivity contribution in [1.29, 1.82) is 5.26 Å². The van der Waals surface area contributed by atoms with Crippen molar-refractivity contribution in [3.05, 3.63) is 16.6 Å². The van der Waals surface area contributed by atoms with Crippen molar-refractivity contribution in [2.24, 2.45) is 0 Å². The molecule has 58 valence electrons. The Morgan fingerprint density at radius 1 is 1.91 bits per heavy atom. The summed E-state index contributed by atoms with van der Waals surface area (Å²) in [6.07, 6.45) is 1.77. The molecule has 1 aromatic rings. The summed E-state index contributed by atoms with van der Waals surface area (Å²) in [7, 11) is 0. The molecule has 0 amide bonds. The largest absolute Gasteiger partial charge is 0.296 e. The van der Waals surface area contributed by atoms with Crippen LogP contribution in [0.4, 0.5) is 0 Å². The van der Waals surface area contributed by atoms with Gasteiger partial charge in [0.2, 0.25) is 0 Å². The number of rotatable bonds is 3. The van der Waals surface area contributed by atoms with E-state index in [4.69, 9.17) is 5.26 Å². The van der Waals surface area contributed by atoms with Crippen LogP contribution in [0, 0.1) is 11.3 Å². The highest BCUT2D eigenvalue weighted by molar-refractivity contribution is 7.09. The number of aromatic nitrogens is 1. The van der Waals surface area contributed by atoms with Gasteiger partial charge in [0.05, 0.1) is 18.7 Å². The molecule has 0 bridgehead atoms. The minimum absolute atomic E-state index is 0.189. The Balaban J connectivity index is 2.44. The SMILES string of the molecule is CC(NCC#N)c1nccs1. The maximum absolute atomic E-state index is 8.28. The van der Waals surface area contributed by atoms with Crippen LogP contribution < -0.4 is 5.32 Å². The highest BCUT2D eigenvalue weighted by Gasteiger charge is 2.04. The summed E-state index contributed by atoms with van der Waals surface area (Å²) >= 11 is 1.60. The monoisotopic (exact) mass is 167 g/mol. The lowest BCUT2D eigenvalue weighted by molar-refractivity contribution is 0.617. The van der Waals surface area contributed by atoms with E-state index in [0.717, 1.165) is 5.01 Å². The lowest BCUT2D eigenvalue weighted by Crippen LogP contribution is -2.18. The third kappa shape index (κ3) is 2.30. The summed E-state index contributed by atoms with van der Waals surface area (Å²) in [5.41, 5.74) is 0. The first-order valence-corrected chi connectivity index (χ1v) is 4.22. The number of nitriles is 1. The molecule has 0 aliphatic heterocycles. The summed E-state index contributed by atoms with van der Waals surface area (Å²) in [6, 6.07) is 2.22. The van der Waals surface area contributed by atoms with Gasteiger partial charge in [0.15, 0.2) is 0 Å². The van der Waals surface area contributed by atoms with Gasteiger partial charge in [-0.2, -0.15) is 5.26 Å². The van der Waals surface area contributed by atoms with Crippen LogP contribution in [0.5, 0.6) is 0 Å². The van der Waals surface area contributed by atoms with Crippen molar-refractivity contribution in [2.45, 2.75) is 13.0 Å². The second-order valence-electron chi connectivity index (χ2n) is 2.13. The molecule has 4 heteroatoms. The van der Waals surface area contributed by atoms with E-state index >= 15 is 0 Å². The summed E-state index contributed by atoms with van der Waals surface area (Å²) in [5.74, 6) is 0. The first-order chi connectivity index (χ1) is 5.34. The van der Waals surface area contributed by atoms with Gasteiger partial charge in [-0.15, -0.1) is 11.3 Å². The first-order valence-electron chi connectivity index (χ1n) is 3.34. The van der Waals surface area contributed by atoms with Crippen LogP contribution in [0.25, 0.3) is 0 Å². The molecule has 1 rings (SSSR count). The number of nitrogens with zero attached hydrogens (tertiary/aromatic N) is 2. The van der Waals surface area contributed by atoms with Gasteiger partial charge in [-0.25, -0.2) is 4.98 Å². The fourth-order valence-corrected chi connectivity index (χ4v) is 1.40. The highest BCUT2D eigenvalue weighted by Crippen LogP contribution is 2.13. The molecule has 0 spiro atoms. The number of hydrogen-bond acceptors (Lipinski definition) is 4. The zero-order chi connectivity index (χ0) is 8.10. The molecule has 0 radical (unpaired) electrons. The average molecular weight is 167 g/mol. The summed E-state index contributed by atoms with van der Waals surface area (Å²) in [4.78, 5) is 4.12. The van der Waals surface area contributed by atoms with E-state index in [1.54, 1.807) is 17.5 Å². The minimum Gasteiger partial charge on any atom is -0.296 e. The van der Waals surface area contributed by atoms with Gasteiger partial charge in [-0.3, -0.25) is 5.32 Å². The van der Waals surface area contributed by atoms with E-state index in [1.807, 2.05) is 18.4 Å². The molecule has 1 N–H and O–H groups in total. The number of thiazole rings is 1. The molecule has 0 aliphatic carbocycles. The Hall–Kier alpha value is -0.920. The second kappa shape index (κ2) is 4.06. The zero-order valence-corrected chi connectivity index (χ0v) is 7.06. The lowest BCUT2D eigenvalue weighted by atomic mass is 10.3. The first kappa shape index (κ1) is 8.18. The van der Waals surface area contributed by atoms with Crippen molar-refractivity contribution in [2.75, 3.05) is 6.54 Å². The van der Waals surface area contributed by atoms with Crippen LogP contribution in [0.15, 0.2) is 11.6 Å². The molecule has 1 heterocycles. The maximum atomic E-state index is 8.28. The van der Waals surface area contributed by atoms with Crippen molar-refractivity contribution in [3.8, 4) is 6.07 Å². The molecular weight excluding hydrogens is 158 g/mol. The average Bonchev–Trinajstić information content (AvgIpc) is 2.52. The van der Waals surface area contributed by atoms with Crippen LogP contribution in [-0.4, -0.2) is 11.5 Å². The molecule has 1 atom stereocenters. The molecule has 3 nitrogen and oxygen atoms in total. The minimum atomic E-state index is 0.189. The van der Waals surface area contributed by atoms with Gasteiger partial charge in [-0.05, 0) is 6.92 Å². The molecule has 0 aliphatic rings. The second-order valence-corrected chi connectivity index (χ2v) is 3.06.